The van der Waals surface area contributed by atoms with Crippen LogP contribution in [0, 0.1) is 10.1 Å². The molecule has 0 unspecified atom stereocenters. The summed E-state index contributed by atoms with van der Waals surface area (Å²) in [6, 6.07) is 10.5. The van der Waals surface area contributed by atoms with Crippen molar-refractivity contribution in [1.29, 1.82) is 0 Å². The maximum atomic E-state index is 11.8. The predicted octanol–water partition coefficient (Wildman–Crippen LogP) is 2.94. The molecule has 29 heavy (non-hydrogen) atoms. The maximum absolute atomic E-state index is 11.8. The summed E-state index contributed by atoms with van der Waals surface area (Å²) in [4.78, 5) is 15.2. The molecule has 10 heteroatoms. The molecule has 1 heterocycles. The monoisotopic (exact) mass is 416 g/mol. The third-order valence-corrected chi connectivity index (χ3v) is 5.57. The summed E-state index contributed by atoms with van der Waals surface area (Å²) >= 11 is 0. The smallest absolute Gasteiger partial charge is 0.293 e. The number of nitro groups is 1. The molecule has 152 valence electrons. The van der Waals surface area contributed by atoms with E-state index in [1.165, 1.54) is 12.1 Å². The summed E-state index contributed by atoms with van der Waals surface area (Å²) in [6.45, 7) is 0. The topological polar surface area (TPSA) is 116 Å². The first-order valence-electron chi connectivity index (χ1n) is 8.57. The van der Waals surface area contributed by atoms with E-state index in [-0.39, 0.29) is 16.3 Å². The quantitative estimate of drug-likeness (QED) is 0.465. The molecule has 0 saturated carbocycles. The molecule has 0 bridgehead atoms. The number of rotatable bonds is 7. The molecule has 3 rings (SSSR count). The lowest BCUT2D eigenvalue weighted by atomic mass is 10.0. The van der Waals surface area contributed by atoms with Crippen molar-refractivity contribution < 1.29 is 18.1 Å². The highest BCUT2D eigenvalue weighted by Crippen LogP contribution is 2.33. The first-order chi connectivity index (χ1) is 13.7. The van der Waals surface area contributed by atoms with Gasteiger partial charge < -0.3 is 14.6 Å². The van der Waals surface area contributed by atoms with E-state index in [1.54, 1.807) is 36.2 Å². The summed E-state index contributed by atoms with van der Waals surface area (Å²) in [5.41, 5.74) is 0.661. The van der Waals surface area contributed by atoms with Gasteiger partial charge in [0, 0.05) is 31.8 Å². The molecule has 0 fully saturated rings. The molecule has 0 aliphatic carbocycles. The number of nitrogens with one attached hydrogen (secondary N) is 1. The van der Waals surface area contributed by atoms with Gasteiger partial charge in [-0.1, -0.05) is 12.1 Å². The summed E-state index contributed by atoms with van der Waals surface area (Å²) < 4.78 is 30.6. The minimum atomic E-state index is -3.58. The fourth-order valence-corrected chi connectivity index (χ4v) is 3.56. The van der Waals surface area contributed by atoms with E-state index in [9.17, 15) is 18.5 Å². The van der Waals surface area contributed by atoms with E-state index >= 15 is 0 Å². The van der Waals surface area contributed by atoms with E-state index in [4.69, 9.17) is 4.74 Å². The van der Waals surface area contributed by atoms with Crippen LogP contribution in [0.4, 0.5) is 11.4 Å². The molecule has 3 aromatic rings. The van der Waals surface area contributed by atoms with Gasteiger partial charge in [0.05, 0.1) is 16.9 Å². The third kappa shape index (κ3) is 4.37. The minimum absolute atomic E-state index is 0.118. The Morgan fingerprint density at radius 2 is 1.90 bits per heavy atom. The molecule has 0 saturated heterocycles. The number of hydrogen-bond acceptors (Lipinski definition) is 7. The first kappa shape index (κ1) is 20.3. The third-order valence-electron chi connectivity index (χ3n) is 4.46. The van der Waals surface area contributed by atoms with Gasteiger partial charge in [0.25, 0.3) is 5.69 Å². The molecular formula is C19H20N4O5S. The van der Waals surface area contributed by atoms with Crippen LogP contribution in [0.5, 0.6) is 5.75 Å². The molecule has 0 spiro atoms. The molecule has 9 nitrogen and oxygen atoms in total. The van der Waals surface area contributed by atoms with Crippen LogP contribution < -0.4 is 10.1 Å². The van der Waals surface area contributed by atoms with Gasteiger partial charge >= 0.3 is 0 Å². The molecule has 0 radical (unpaired) electrons. The number of ether oxygens (including phenoxy) is 1. The van der Waals surface area contributed by atoms with E-state index in [0.29, 0.717) is 11.6 Å². The number of nitro benzene ring substituents is 1. The SMILES string of the molecule is COc1ccc([C@H](Nc2ccc(S(C)(=O)=O)cc2[N+](=O)[O-])c2nccn2C)cc1. The van der Waals surface area contributed by atoms with Gasteiger partial charge in [0.2, 0.25) is 0 Å². The average molecular weight is 416 g/mol. The van der Waals surface area contributed by atoms with Gasteiger partial charge in [-0.05, 0) is 29.8 Å². The Labute approximate surface area is 168 Å². The van der Waals surface area contributed by atoms with Gasteiger partial charge in [-0.15, -0.1) is 0 Å². The Bertz CT molecular complexity index is 1140. The van der Waals surface area contributed by atoms with Crippen LogP contribution in [0.3, 0.4) is 0 Å². The Balaban J connectivity index is 2.08. The van der Waals surface area contributed by atoms with E-state index in [1.807, 2.05) is 19.2 Å². The van der Waals surface area contributed by atoms with Gasteiger partial charge in [-0.2, -0.15) is 0 Å². The van der Waals surface area contributed by atoms with Crippen molar-refractivity contribution >= 4 is 21.2 Å². The summed E-state index contributed by atoms with van der Waals surface area (Å²) in [6.07, 6.45) is 4.41. The van der Waals surface area contributed by atoms with E-state index in [0.717, 1.165) is 17.9 Å². The van der Waals surface area contributed by atoms with Gasteiger partial charge in [-0.3, -0.25) is 10.1 Å². The number of aromatic nitrogens is 2. The standard InChI is InChI=1S/C19H20N4O5S/c1-22-11-10-20-19(22)18(13-4-6-14(28-2)7-5-13)21-16-9-8-15(29(3,26)27)12-17(16)23(24)25/h4-12,18,21H,1-3H3/t18-/m0/s1. The highest BCUT2D eigenvalue weighted by molar-refractivity contribution is 7.90. The van der Waals surface area contributed by atoms with Crippen LogP contribution >= 0.6 is 0 Å². The van der Waals surface area contributed by atoms with Gasteiger partial charge in [-0.25, -0.2) is 13.4 Å². The van der Waals surface area contributed by atoms with Crippen LogP contribution in [0.1, 0.15) is 17.4 Å². The Morgan fingerprint density at radius 3 is 2.41 bits per heavy atom. The van der Waals surface area contributed by atoms with E-state index in [2.05, 4.69) is 10.3 Å². The highest BCUT2D eigenvalue weighted by Gasteiger charge is 2.24. The van der Waals surface area contributed by atoms with Crippen LogP contribution in [-0.2, 0) is 16.9 Å². The molecule has 0 aliphatic rings. The molecule has 1 atom stereocenters. The fraction of sp³-hybridized carbons (Fsp3) is 0.211. The fourth-order valence-electron chi connectivity index (χ4n) is 2.92. The summed E-state index contributed by atoms with van der Waals surface area (Å²) in [5.74, 6) is 1.31. The number of sulfone groups is 1. The van der Waals surface area contributed by atoms with Crippen molar-refractivity contribution in [3.63, 3.8) is 0 Å². The second-order valence-corrected chi connectivity index (χ2v) is 8.47. The second-order valence-electron chi connectivity index (χ2n) is 6.46. The van der Waals surface area contributed by atoms with Crippen LogP contribution in [-0.4, -0.2) is 36.3 Å². The Kier molecular flexibility index (Phi) is 5.55. The van der Waals surface area contributed by atoms with Crippen LogP contribution in [0.25, 0.3) is 0 Å². The van der Waals surface area contributed by atoms with Crippen LogP contribution in [0.2, 0.25) is 0 Å². The van der Waals surface area contributed by atoms with Crippen molar-refractivity contribution in [2.24, 2.45) is 7.05 Å². The van der Waals surface area contributed by atoms with Gasteiger partial charge in [0.1, 0.15) is 23.3 Å². The zero-order valence-corrected chi connectivity index (χ0v) is 16.9. The lowest BCUT2D eigenvalue weighted by molar-refractivity contribution is -0.384. The first-order valence-corrected chi connectivity index (χ1v) is 10.5. The summed E-state index contributed by atoms with van der Waals surface area (Å²) in [7, 11) is -0.190. The number of aryl methyl sites for hydroxylation is 1. The normalized spacial score (nSPS) is 12.4. The second kappa shape index (κ2) is 7.92. The predicted molar refractivity (Wildman–Crippen MR) is 108 cm³/mol. The lowest BCUT2D eigenvalue weighted by Gasteiger charge is -2.20. The largest absolute Gasteiger partial charge is 0.497 e. The Morgan fingerprint density at radius 1 is 1.21 bits per heavy atom. The highest BCUT2D eigenvalue weighted by atomic mass is 32.2. The van der Waals surface area contributed by atoms with Crippen molar-refractivity contribution in [2.45, 2.75) is 10.9 Å². The number of anilines is 1. The van der Waals surface area contributed by atoms with Crippen molar-refractivity contribution in [3.05, 3.63) is 76.4 Å². The van der Waals surface area contributed by atoms with Crippen molar-refractivity contribution in [2.75, 3.05) is 18.7 Å². The van der Waals surface area contributed by atoms with Crippen molar-refractivity contribution in [1.82, 2.24) is 9.55 Å². The van der Waals surface area contributed by atoms with E-state index < -0.39 is 20.8 Å². The lowest BCUT2D eigenvalue weighted by Crippen LogP contribution is -2.17. The number of imidazole rings is 1. The number of nitrogens with zero attached hydrogens (tertiary/aromatic N) is 3. The average Bonchev–Trinajstić information content (AvgIpc) is 3.11. The molecule has 0 aliphatic heterocycles. The van der Waals surface area contributed by atoms with Crippen molar-refractivity contribution in [3.8, 4) is 5.75 Å². The Hall–Kier alpha value is -3.40. The molecule has 0 amide bonds. The molecule has 2 aromatic carbocycles. The number of hydrogen-bond donors (Lipinski definition) is 1. The minimum Gasteiger partial charge on any atom is -0.497 e. The molecule has 1 aromatic heterocycles. The maximum Gasteiger partial charge on any atom is 0.293 e. The summed E-state index contributed by atoms with van der Waals surface area (Å²) in [5, 5.41) is 14.7. The van der Waals surface area contributed by atoms with Gasteiger partial charge in [0.15, 0.2) is 9.84 Å². The molecular weight excluding hydrogens is 396 g/mol. The molecule has 1 N–H and O–H groups in total. The number of methoxy groups -OCH3 is 1. The zero-order valence-electron chi connectivity index (χ0n) is 16.1. The van der Waals surface area contributed by atoms with Crippen LogP contribution in [0.15, 0.2) is 59.8 Å². The number of benzene rings is 2. The zero-order chi connectivity index (χ0) is 21.2.